The standard InChI is InChI=1S/C14H20F3NO/c1-4-11(5-2)18(3)13-7-6-10(9-19)8-12(13)14(15,16)17/h6-8,11,19H,4-5,9H2,1-3H3. The van der Waals surface area contributed by atoms with Crippen molar-refractivity contribution in [2.45, 2.75) is 45.5 Å². The zero-order valence-corrected chi connectivity index (χ0v) is 11.5. The number of halogens is 3. The monoisotopic (exact) mass is 275 g/mol. The fourth-order valence-corrected chi connectivity index (χ4v) is 2.25. The van der Waals surface area contributed by atoms with Crippen LogP contribution < -0.4 is 4.90 Å². The molecule has 0 aliphatic rings. The van der Waals surface area contributed by atoms with E-state index in [-0.39, 0.29) is 17.3 Å². The molecule has 0 bridgehead atoms. The van der Waals surface area contributed by atoms with E-state index in [4.69, 9.17) is 5.11 Å². The van der Waals surface area contributed by atoms with E-state index in [1.807, 2.05) is 13.8 Å². The Morgan fingerprint density at radius 1 is 1.21 bits per heavy atom. The number of hydrogen-bond acceptors (Lipinski definition) is 2. The molecule has 5 heteroatoms. The van der Waals surface area contributed by atoms with Gasteiger partial charge in [0.2, 0.25) is 0 Å². The quantitative estimate of drug-likeness (QED) is 0.883. The maximum absolute atomic E-state index is 13.1. The second-order valence-electron chi connectivity index (χ2n) is 4.59. The molecule has 0 amide bonds. The van der Waals surface area contributed by atoms with E-state index in [1.165, 1.54) is 12.1 Å². The van der Waals surface area contributed by atoms with Gasteiger partial charge in [-0.1, -0.05) is 19.9 Å². The molecule has 0 saturated heterocycles. The minimum Gasteiger partial charge on any atom is -0.392 e. The van der Waals surface area contributed by atoms with Gasteiger partial charge in [0.1, 0.15) is 0 Å². The molecule has 0 atom stereocenters. The first-order valence-corrected chi connectivity index (χ1v) is 6.38. The molecule has 0 saturated carbocycles. The van der Waals surface area contributed by atoms with Crippen molar-refractivity contribution in [1.82, 2.24) is 0 Å². The first kappa shape index (κ1) is 15.8. The van der Waals surface area contributed by atoms with E-state index in [2.05, 4.69) is 0 Å². The van der Waals surface area contributed by atoms with Gasteiger partial charge in [0.25, 0.3) is 0 Å². The third-order valence-electron chi connectivity index (χ3n) is 3.42. The van der Waals surface area contributed by atoms with Crippen LogP contribution in [-0.4, -0.2) is 18.2 Å². The van der Waals surface area contributed by atoms with Crippen molar-refractivity contribution in [2.75, 3.05) is 11.9 Å². The van der Waals surface area contributed by atoms with E-state index >= 15 is 0 Å². The Hall–Kier alpha value is -1.23. The topological polar surface area (TPSA) is 23.5 Å². The van der Waals surface area contributed by atoms with E-state index < -0.39 is 18.3 Å². The summed E-state index contributed by atoms with van der Waals surface area (Å²) in [6.45, 7) is 3.53. The fourth-order valence-electron chi connectivity index (χ4n) is 2.25. The second-order valence-corrected chi connectivity index (χ2v) is 4.59. The van der Waals surface area contributed by atoms with Crippen LogP contribution in [0.4, 0.5) is 18.9 Å². The largest absolute Gasteiger partial charge is 0.418 e. The number of alkyl halides is 3. The third kappa shape index (κ3) is 3.62. The predicted molar refractivity (Wildman–Crippen MR) is 70.1 cm³/mol. The highest BCUT2D eigenvalue weighted by Gasteiger charge is 2.35. The number of nitrogens with zero attached hydrogens (tertiary/aromatic N) is 1. The van der Waals surface area contributed by atoms with Gasteiger partial charge in [0.15, 0.2) is 0 Å². The fraction of sp³-hybridized carbons (Fsp3) is 0.571. The molecule has 0 spiro atoms. The number of aliphatic hydroxyl groups is 1. The van der Waals surface area contributed by atoms with Gasteiger partial charge in [0.05, 0.1) is 12.2 Å². The van der Waals surface area contributed by atoms with Gasteiger partial charge < -0.3 is 10.0 Å². The Morgan fingerprint density at radius 3 is 2.21 bits per heavy atom. The molecule has 0 heterocycles. The normalized spacial score (nSPS) is 12.0. The van der Waals surface area contributed by atoms with E-state index in [9.17, 15) is 13.2 Å². The molecule has 1 aromatic carbocycles. The molecule has 0 aromatic heterocycles. The van der Waals surface area contributed by atoms with Crippen LogP contribution in [0.25, 0.3) is 0 Å². The van der Waals surface area contributed by atoms with Crippen molar-refractivity contribution in [3.8, 4) is 0 Å². The molecule has 0 fully saturated rings. The van der Waals surface area contributed by atoms with Gasteiger partial charge in [-0.25, -0.2) is 0 Å². The van der Waals surface area contributed by atoms with Gasteiger partial charge in [-0.15, -0.1) is 0 Å². The van der Waals surface area contributed by atoms with Gasteiger partial charge >= 0.3 is 6.18 Å². The minimum absolute atomic E-state index is 0.0704. The zero-order valence-electron chi connectivity index (χ0n) is 11.5. The summed E-state index contributed by atoms with van der Waals surface area (Å²) in [4.78, 5) is 1.67. The minimum atomic E-state index is -4.42. The molecule has 19 heavy (non-hydrogen) atoms. The first-order chi connectivity index (χ1) is 8.85. The van der Waals surface area contributed by atoms with Crippen LogP contribution in [0, 0.1) is 0 Å². The Morgan fingerprint density at radius 2 is 1.79 bits per heavy atom. The number of benzene rings is 1. The molecule has 1 rings (SSSR count). The Kier molecular flexibility index (Phi) is 5.23. The van der Waals surface area contributed by atoms with E-state index in [0.717, 1.165) is 18.9 Å². The van der Waals surface area contributed by atoms with Crippen molar-refractivity contribution in [3.05, 3.63) is 29.3 Å². The van der Waals surface area contributed by atoms with Crippen LogP contribution in [0.5, 0.6) is 0 Å². The summed E-state index contributed by atoms with van der Waals surface area (Å²) in [6.07, 6.45) is -2.85. The summed E-state index contributed by atoms with van der Waals surface area (Å²) in [7, 11) is 1.68. The van der Waals surface area contributed by atoms with E-state index in [0.29, 0.717) is 0 Å². The van der Waals surface area contributed by atoms with Gasteiger partial charge in [0, 0.05) is 18.8 Å². The van der Waals surface area contributed by atoms with Crippen LogP contribution in [0.2, 0.25) is 0 Å². The Bertz CT molecular complexity index is 414. The highest BCUT2D eigenvalue weighted by molar-refractivity contribution is 5.56. The summed E-state index contributed by atoms with van der Waals surface area (Å²) in [5.74, 6) is 0. The number of anilines is 1. The highest BCUT2D eigenvalue weighted by Crippen LogP contribution is 2.38. The average Bonchev–Trinajstić information content (AvgIpc) is 2.38. The predicted octanol–water partition coefficient (Wildman–Crippen LogP) is 3.82. The molecule has 1 N–H and O–H groups in total. The highest BCUT2D eigenvalue weighted by atomic mass is 19.4. The maximum atomic E-state index is 13.1. The lowest BCUT2D eigenvalue weighted by Crippen LogP contribution is -2.32. The first-order valence-electron chi connectivity index (χ1n) is 6.38. The van der Waals surface area contributed by atoms with Crippen molar-refractivity contribution in [2.24, 2.45) is 0 Å². The lowest BCUT2D eigenvalue weighted by Gasteiger charge is -2.31. The third-order valence-corrected chi connectivity index (χ3v) is 3.42. The molecule has 108 valence electrons. The molecular formula is C14H20F3NO. The summed E-state index contributed by atoms with van der Waals surface area (Å²) < 4.78 is 39.3. The molecule has 1 aromatic rings. The van der Waals surface area contributed by atoms with Crippen LogP contribution in [-0.2, 0) is 12.8 Å². The smallest absolute Gasteiger partial charge is 0.392 e. The van der Waals surface area contributed by atoms with Crippen LogP contribution >= 0.6 is 0 Å². The lowest BCUT2D eigenvalue weighted by molar-refractivity contribution is -0.137. The zero-order chi connectivity index (χ0) is 14.6. The molecular weight excluding hydrogens is 255 g/mol. The van der Waals surface area contributed by atoms with Crippen molar-refractivity contribution in [3.63, 3.8) is 0 Å². The number of rotatable bonds is 5. The Labute approximate surface area is 111 Å². The summed E-state index contributed by atoms with van der Waals surface area (Å²) in [5, 5.41) is 8.98. The number of hydrogen-bond donors (Lipinski definition) is 1. The lowest BCUT2D eigenvalue weighted by atomic mass is 10.0. The Balaban J connectivity index is 3.26. The maximum Gasteiger partial charge on any atom is 0.418 e. The van der Waals surface area contributed by atoms with Gasteiger partial charge in [-0.3, -0.25) is 0 Å². The van der Waals surface area contributed by atoms with Gasteiger partial charge in [-0.2, -0.15) is 13.2 Å². The van der Waals surface area contributed by atoms with Gasteiger partial charge in [-0.05, 0) is 30.5 Å². The second kappa shape index (κ2) is 6.28. The SMILES string of the molecule is CCC(CC)N(C)c1ccc(CO)cc1C(F)(F)F. The molecule has 0 aliphatic heterocycles. The molecule has 0 unspecified atom stereocenters. The summed E-state index contributed by atoms with van der Waals surface area (Å²) in [6, 6.07) is 4.06. The van der Waals surface area contributed by atoms with Crippen LogP contribution in [0.1, 0.15) is 37.8 Å². The number of aliphatic hydroxyl groups excluding tert-OH is 1. The van der Waals surface area contributed by atoms with Crippen LogP contribution in [0.3, 0.4) is 0 Å². The molecule has 0 aliphatic carbocycles. The summed E-state index contributed by atoms with van der Waals surface area (Å²) >= 11 is 0. The van der Waals surface area contributed by atoms with Crippen LogP contribution in [0.15, 0.2) is 18.2 Å². The van der Waals surface area contributed by atoms with Crippen molar-refractivity contribution < 1.29 is 18.3 Å². The molecule has 0 radical (unpaired) electrons. The molecule has 2 nitrogen and oxygen atoms in total. The van der Waals surface area contributed by atoms with Crippen molar-refractivity contribution in [1.29, 1.82) is 0 Å². The van der Waals surface area contributed by atoms with E-state index in [1.54, 1.807) is 11.9 Å². The van der Waals surface area contributed by atoms with Crippen molar-refractivity contribution >= 4 is 5.69 Å². The summed E-state index contributed by atoms with van der Waals surface area (Å²) in [5.41, 5.74) is -0.249. The average molecular weight is 275 g/mol.